The maximum absolute atomic E-state index is 12.0. The van der Waals surface area contributed by atoms with E-state index in [4.69, 9.17) is 5.73 Å². The predicted molar refractivity (Wildman–Crippen MR) is 71.9 cm³/mol. The van der Waals surface area contributed by atoms with Gasteiger partial charge in [0.2, 0.25) is 0 Å². The summed E-state index contributed by atoms with van der Waals surface area (Å²) < 4.78 is 55.3. The number of nitrogens with two attached hydrogens (primary N) is 1. The van der Waals surface area contributed by atoms with Gasteiger partial charge in [0.1, 0.15) is 5.75 Å². The second-order valence-electron chi connectivity index (χ2n) is 3.97. The van der Waals surface area contributed by atoms with E-state index in [0.29, 0.717) is 19.5 Å². The van der Waals surface area contributed by atoms with Gasteiger partial charge in [0, 0.05) is 13.6 Å². The van der Waals surface area contributed by atoms with Crippen molar-refractivity contribution in [3.8, 4) is 5.75 Å². The summed E-state index contributed by atoms with van der Waals surface area (Å²) in [4.78, 5) is 0. The van der Waals surface area contributed by atoms with E-state index in [1.165, 1.54) is 31.3 Å². The SMILES string of the molecule is CN(CCCN)S(=O)(=O)Nc1ccc(OC(F)F)cc1. The Kier molecular flexibility index (Phi) is 6.11. The van der Waals surface area contributed by atoms with Gasteiger partial charge in [0.25, 0.3) is 0 Å². The number of rotatable bonds is 8. The quantitative estimate of drug-likeness (QED) is 0.756. The van der Waals surface area contributed by atoms with Gasteiger partial charge < -0.3 is 10.5 Å². The fourth-order valence-electron chi connectivity index (χ4n) is 1.37. The lowest BCUT2D eigenvalue weighted by molar-refractivity contribution is -0.0498. The smallest absolute Gasteiger partial charge is 0.387 e. The summed E-state index contributed by atoms with van der Waals surface area (Å²) in [5.41, 5.74) is 5.57. The molecule has 0 fully saturated rings. The highest BCUT2D eigenvalue weighted by atomic mass is 32.2. The second kappa shape index (κ2) is 7.36. The zero-order valence-electron chi connectivity index (χ0n) is 10.9. The van der Waals surface area contributed by atoms with Crippen LogP contribution in [0.4, 0.5) is 14.5 Å². The lowest BCUT2D eigenvalue weighted by Gasteiger charge is -2.18. The van der Waals surface area contributed by atoms with E-state index in [1.807, 2.05) is 0 Å². The maximum Gasteiger partial charge on any atom is 0.387 e. The van der Waals surface area contributed by atoms with Gasteiger partial charge in [-0.25, -0.2) is 0 Å². The first-order valence-corrected chi connectivity index (χ1v) is 7.28. The monoisotopic (exact) mass is 309 g/mol. The summed E-state index contributed by atoms with van der Waals surface area (Å²) in [7, 11) is -2.26. The summed E-state index contributed by atoms with van der Waals surface area (Å²) in [5.74, 6) is -0.0422. The summed E-state index contributed by atoms with van der Waals surface area (Å²) in [6.07, 6.45) is 0.540. The molecule has 0 aromatic heterocycles. The molecule has 0 saturated carbocycles. The summed E-state index contributed by atoms with van der Waals surface area (Å²) in [6.45, 7) is -2.24. The maximum atomic E-state index is 12.0. The Morgan fingerprint density at radius 2 is 1.95 bits per heavy atom. The molecule has 20 heavy (non-hydrogen) atoms. The highest BCUT2D eigenvalue weighted by Gasteiger charge is 2.16. The molecule has 0 heterocycles. The van der Waals surface area contributed by atoms with Crippen molar-refractivity contribution in [3.63, 3.8) is 0 Å². The third-order valence-electron chi connectivity index (χ3n) is 2.41. The molecule has 0 spiro atoms. The minimum atomic E-state index is -3.68. The molecular weight excluding hydrogens is 292 g/mol. The number of alkyl halides is 2. The lowest BCUT2D eigenvalue weighted by Crippen LogP contribution is -2.34. The predicted octanol–water partition coefficient (Wildman–Crippen LogP) is 1.23. The van der Waals surface area contributed by atoms with Crippen LogP contribution >= 0.6 is 0 Å². The number of hydrogen-bond acceptors (Lipinski definition) is 4. The number of halogens is 2. The molecule has 9 heteroatoms. The number of hydrogen-bond donors (Lipinski definition) is 2. The van der Waals surface area contributed by atoms with Crippen molar-refractivity contribution in [2.45, 2.75) is 13.0 Å². The van der Waals surface area contributed by atoms with E-state index in [2.05, 4.69) is 9.46 Å². The van der Waals surface area contributed by atoms with Crippen molar-refractivity contribution >= 4 is 15.9 Å². The fraction of sp³-hybridized carbons (Fsp3) is 0.455. The molecule has 0 atom stereocenters. The van der Waals surface area contributed by atoms with Crippen molar-refractivity contribution in [2.75, 3.05) is 24.9 Å². The lowest BCUT2D eigenvalue weighted by atomic mass is 10.3. The highest BCUT2D eigenvalue weighted by Crippen LogP contribution is 2.19. The molecule has 1 rings (SSSR count). The highest BCUT2D eigenvalue weighted by molar-refractivity contribution is 7.90. The van der Waals surface area contributed by atoms with Gasteiger partial charge in [-0.2, -0.15) is 21.5 Å². The minimum absolute atomic E-state index is 0.0422. The van der Waals surface area contributed by atoms with Crippen molar-refractivity contribution in [1.82, 2.24) is 4.31 Å². The molecule has 3 N–H and O–H groups in total. The van der Waals surface area contributed by atoms with E-state index in [-0.39, 0.29) is 11.4 Å². The first-order chi connectivity index (χ1) is 9.35. The molecule has 0 radical (unpaired) electrons. The van der Waals surface area contributed by atoms with Gasteiger partial charge in [-0.1, -0.05) is 0 Å². The van der Waals surface area contributed by atoms with Gasteiger partial charge in [-0.15, -0.1) is 0 Å². The van der Waals surface area contributed by atoms with Crippen LogP contribution in [0.3, 0.4) is 0 Å². The number of anilines is 1. The summed E-state index contributed by atoms with van der Waals surface area (Å²) >= 11 is 0. The first-order valence-electron chi connectivity index (χ1n) is 5.84. The van der Waals surface area contributed by atoms with Crippen LogP contribution < -0.4 is 15.2 Å². The standard InChI is InChI=1S/C11H17F2N3O3S/c1-16(8-2-7-14)20(17,18)15-9-3-5-10(6-4-9)19-11(12)13/h3-6,11,15H,2,7-8,14H2,1H3. The van der Waals surface area contributed by atoms with Gasteiger partial charge in [0.05, 0.1) is 5.69 Å². The van der Waals surface area contributed by atoms with Crippen LogP contribution in [0.15, 0.2) is 24.3 Å². The van der Waals surface area contributed by atoms with Crippen LogP contribution in [0.1, 0.15) is 6.42 Å². The molecule has 0 amide bonds. The van der Waals surface area contributed by atoms with Crippen molar-refractivity contribution in [2.24, 2.45) is 5.73 Å². The van der Waals surface area contributed by atoms with Crippen LogP contribution in [-0.2, 0) is 10.2 Å². The Hall–Kier alpha value is -1.45. The molecule has 1 aromatic carbocycles. The number of ether oxygens (including phenoxy) is 1. The van der Waals surface area contributed by atoms with Crippen LogP contribution in [-0.4, -0.2) is 39.5 Å². The molecular formula is C11H17F2N3O3S. The Morgan fingerprint density at radius 1 is 1.35 bits per heavy atom. The van der Waals surface area contributed by atoms with Gasteiger partial charge >= 0.3 is 16.8 Å². The van der Waals surface area contributed by atoms with Crippen LogP contribution in [0.5, 0.6) is 5.75 Å². The van der Waals surface area contributed by atoms with Crippen LogP contribution in [0, 0.1) is 0 Å². The molecule has 0 aliphatic heterocycles. The number of benzene rings is 1. The largest absolute Gasteiger partial charge is 0.435 e. The number of nitrogens with one attached hydrogen (secondary N) is 1. The normalized spacial score (nSPS) is 11.9. The first kappa shape index (κ1) is 16.6. The zero-order valence-corrected chi connectivity index (χ0v) is 11.7. The van der Waals surface area contributed by atoms with Gasteiger partial charge in [0.15, 0.2) is 0 Å². The Balaban J connectivity index is 2.67. The average Bonchev–Trinajstić information content (AvgIpc) is 2.37. The van der Waals surface area contributed by atoms with Crippen LogP contribution in [0.25, 0.3) is 0 Å². The Bertz CT molecular complexity index is 508. The molecule has 0 aliphatic rings. The van der Waals surface area contributed by atoms with E-state index in [1.54, 1.807) is 0 Å². The molecule has 1 aromatic rings. The van der Waals surface area contributed by atoms with Crippen molar-refractivity contribution in [1.29, 1.82) is 0 Å². The van der Waals surface area contributed by atoms with E-state index in [0.717, 1.165) is 4.31 Å². The third kappa shape index (κ3) is 5.27. The molecule has 0 unspecified atom stereocenters. The van der Waals surface area contributed by atoms with E-state index < -0.39 is 16.8 Å². The second-order valence-corrected chi connectivity index (χ2v) is 5.75. The number of nitrogens with zero attached hydrogens (tertiary/aromatic N) is 1. The van der Waals surface area contributed by atoms with E-state index >= 15 is 0 Å². The molecule has 0 aliphatic carbocycles. The fourth-order valence-corrected chi connectivity index (χ4v) is 2.32. The Morgan fingerprint density at radius 3 is 2.45 bits per heavy atom. The van der Waals surface area contributed by atoms with Crippen molar-refractivity contribution < 1.29 is 21.9 Å². The molecule has 0 bridgehead atoms. The minimum Gasteiger partial charge on any atom is -0.435 e. The molecule has 0 saturated heterocycles. The average molecular weight is 309 g/mol. The molecule has 6 nitrogen and oxygen atoms in total. The molecule has 114 valence electrons. The zero-order chi connectivity index (χ0) is 15.2. The summed E-state index contributed by atoms with van der Waals surface area (Å²) in [6, 6.07) is 5.19. The van der Waals surface area contributed by atoms with E-state index in [9.17, 15) is 17.2 Å². The van der Waals surface area contributed by atoms with Gasteiger partial charge in [-0.05, 0) is 37.2 Å². The summed E-state index contributed by atoms with van der Waals surface area (Å²) in [5, 5.41) is 0. The topological polar surface area (TPSA) is 84.7 Å². The van der Waals surface area contributed by atoms with Gasteiger partial charge in [-0.3, -0.25) is 4.72 Å². The third-order valence-corrected chi connectivity index (χ3v) is 3.91. The van der Waals surface area contributed by atoms with Crippen molar-refractivity contribution in [3.05, 3.63) is 24.3 Å². The Labute approximate surface area is 116 Å². The van der Waals surface area contributed by atoms with Crippen LogP contribution in [0.2, 0.25) is 0 Å².